The van der Waals surface area contributed by atoms with E-state index in [2.05, 4.69) is 34.3 Å². The van der Waals surface area contributed by atoms with Crippen molar-refractivity contribution in [3.8, 4) is 0 Å². The van der Waals surface area contributed by atoms with Gasteiger partial charge in [-0.1, -0.05) is 39.8 Å². The standard InChI is InChI=1S/C28H44O4/c1-16(2)17(3)7-8-18(4)21-9-10-22-20-13-25(31)28(32)15-19(29)11-12-26(28,5)23(20)14-24(30)27(21,22)6/h17-23,29,32H,1,7-15H2,2-6H3/t17-,18+,19?,20-,21+,22-,23-,26+,27+,28?/m0/s1. The van der Waals surface area contributed by atoms with Crippen molar-refractivity contribution in [1.82, 2.24) is 0 Å². The highest BCUT2D eigenvalue weighted by Crippen LogP contribution is 2.67. The zero-order chi connectivity index (χ0) is 23.6. The molecule has 2 N–H and O–H groups in total. The van der Waals surface area contributed by atoms with Crippen LogP contribution in [0, 0.1) is 46.3 Å². The summed E-state index contributed by atoms with van der Waals surface area (Å²) in [4.78, 5) is 27.2. The molecule has 32 heavy (non-hydrogen) atoms. The highest BCUT2D eigenvalue weighted by molar-refractivity contribution is 5.92. The van der Waals surface area contributed by atoms with Crippen LogP contribution in [-0.4, -0.2) is 33.5 Å². The number of Topliss-reactive ketones (excluding diaryl/α,β-unsaturated/α-hetero) is 2. The number of aliphatic hydroxyl groups excluding tert-OH is 1. The number of hydrogen-bond donors (Lipinski definition) is 2. The minimum Gasteiger partial charge on any atom is -0.393 e. The molecule has 180 valence electrons. The van der Waals surface area contributed by atoms with Crippen LogP contribution < -0.4 is 0 Å². The highest BCUT2D eigenvalue weighted by atomic mass is 16.3. The lowest BCUT2D eigenvalue weighted by atomic mass is 9.42. The Bertz CT molecular complexity index is 803. The van der Waals surface area contributed by atoms with Gasteiger partial charge in [-0.15, -0.1) is 0 Å². The maximum Gasteiger partial charge on any atom is 0.165 e. The van der Waals surface area contributed by atoms with Crippen molar-refractivity contribution < 1.29 is 19.8 Å². The normalized spacial score (nSPS) is 47.9. The van der Waals surface area contributed by atoms with Gasteiger partial charge in [-0.3, -0.25) is 9.59 Å². The molecular weight excluding hydrogens is 400 g/mol. The second-order valence-corrected chi connectivity index (χ2v) is 12.6. The number of rotatable bonds is 5. The van der Waals surface area contributed by atoms with Crippen molar-refractivity contribution in [3.05, 3.63) is 12.2 Å². The Morgan fingerprint density at radius 3 is 2.41 bits per heavy atom. The Labute approximate surface area is 194 Å². The third-order valence-electron chi connectivity index (χ3n) is 11.1. The molecule has 10 atom stereocenters. The topological polar surface area (TPSA) is 74.6 Å². The average molecular weight is 445 g/mol. The van der Waals surface area contributed by atoms with Gasteiger partial charge < -0.3 is 10.2 Å². The number of hydrogen-bond acceptors (Lipinski definition) is 4. The lowest BCUT2D eigenvalue weighted by molar-refractivity contribution is -0.212. The third kappa shape index (κ3) is 3.30. The summed E-state index contributed by atoms with van der Waals surface area (Å²) < 4.78 is 0. The Morgan fingerprint density at radius 2 is 1.75 bits per heavy atom. The van der Waals surface area contributed by atoms with Crippen LogP contribution in [0.5, 0.6) is 0 Å². The number of aliphatic hydroxyl groups is 2. The molecule has 0 saturated heterocycles. The van der Waals surface area contributed by atoms with E-state index in [0.717, 1.165) is 25.7 Å². The molecule has 4 aliphatic rings. The van der Waals surface area contributed by atoms with E-state index in [-0.39, 0.29) is 35.4 Å². The summed E-state index contributed by atoms with van der Waals surface area (Å²) in [6.45, 7) is 15.0. The summed E-state index contributed by atoms with van der Waals surface area (Å²) in [6, 6.07) is 0. The molecule has 4 heteroatoms. The Hall–Kier alpha value is -1.00. The van der Waals surface area contributed by atoms with Crippen molar-refractivity contribution >= 4 is 11.6 Å². The maximum absolute atomic E-state index is 13.9. The molecule has 2 unspecified atom stereocenters. The van der Waals surface area contributed by atoms with Crippen LogP contribution in [0.4, 0.5) is 0 Å². The minimum atomic E-state index is -1.48. The van der Waals surface area contributed by atoms with E-state index in [4.69, 9.17) is 0 Å². The van der Waals surface area contributed by atoms with Gasteiger partial charge in [0.2, 0.25) is 0 Å². The molecule has 4 fully saturated rings. The summed E-state index contributed by atoms with van der Waals surface area (Å²) in [5.74, 6) is 2.07. The number of ketones is 2. The second-order valence-electron chi connectivity index (χ2n) is 12.6. The van der Waals surface area contributed by atoms with Crippen LogP contribution in [0.15, 0.2) is 12.2 Å². The fourth-order valence-electron chi connectivity index (χ4n) is 8.63. The third-order valence-corrected chi connectivity index (χ3v) is 11.1. The highest BCUT2D eigenvalue weighted by Gasteiger charge is 2.69. The molecule has 0 amide bonds. The molecule has 0 radical (unpaired) electrons. The summed E-state index contributed by atoms with van der Waals surface area (Å²) >= 11 is 0. The zero-order valence-corrected chi connectivity index (χ0v) is 20.8. The Balaban J connectivity index is 1.59. The van der Waals surface area contributed by atoms with Gasteiger partial charge in [-0.05, 0) is 81.0 Å². The van der Waals surface area contributed by atoms with Crippen LogP contribution in [0.2, 0.25) is 0 Å². The summed E-state index contributed by atoms with van der Waals surface area (Å²) in [7, 11) is 0. The summed E-state index contributed by atoms with van der Waals surface area (Å²) in [5, 5.41) is 21.7. The van der Waals surface area contributed by atoms with Gasteiger partial charge in [0.25, 0.3) is 0 Å². The smallest absolute Gasteiger partial charge is 0.165 e. The molecule has 0 aromatic carbocycles. The van der Waals surface area contributed by atoms with Crippen molar-refractivity contribution in [2.75, 3.05) is 0 Å². The quantitative estimate of drug-likeness (QED) is 0.578. The molecule has 4 aliphatic carbocycles. The van der Waals surface area contributed by atoms with Crippen LogP contribution in [0.25, 0.3) is 0 Å². The van der Waals surface area contributed by atoms with Crippen molar-refractivity contribution in [2.45, 2.75) is 104 Å². The first-order valence-corrected chi connectivity index (χ1v) is 13.0. The zero-order valence-electron chi connectivity index (χ0n) is 20.8. The molecule has 0 aliphatic heterocycles. The van der Waals surface area contributed by atoms with Crippen LogP contribution in [-0.2, 0) is 9.59 Å². The van der Waals surface area contributed by atoms with Gasteiger partial charge in [-0.2, -0.15) is 0 Å². The van der Waals surface area contributed by atoms with Gasteiger partial charge in [0.1, 0.15) is 11.4 Å². The largest absolute Gasteiger partial charge is 0.393 e. The molecule has 4 saturated carbocycles. The van der Waals surface area contributed by atoms with Crippen LogP contribution >= 0.6 is 0 Å². The molecule has 0 bridgehead atoms. The summed E-state index contributed by atoms with van der Waals surface area (Å²) in [5.41, 5.74) is -1.22. The molecule has 0 aromatic heterocycles. The van der Waals surface area contributed by atoms with Crippen molar-refractivity contribution in [2.24, 2.45) is 46.3 Å². The SMILES string of the molecule is C=C(C)[C@@H](C)CC[C@@H](C)[C@H]1CC[C@H]2[C@@H]3CC(=O)C4(O)CC(O)CC[C@]4(C)[C@H]3CC(=O)[C@]12C. The van der Waals surface area contributed by atoms with E-state index in [9.17, 15) is 19.8 Å². The van der Waals surface area contributed by atoms with Crippen molar-refractivity contribution in [1.29, 1.82) is 0 Å². The first-order chi connectivity index (χ1) is 14.9. The monoisotopic (exact) mass is 444 g/mol. The van der Waals surface area contributed by atoms with E-state index in [1.54, 1.807) is 0 Å². The lowest BCUT2D eigenvalue weighted by Crippen LogP contribution is -2.68. The summed E-state index contributed by atoms with van der Waals surface area (Å²) in [6.07, 6.45) is 5.86. The van der Waals surface area contributed by atoms with E-state index >= 15 is 0 Å². The van der Waals surface area contributed by atoms with E-state index in [1.165, 1.54) is 5.57 Å². The molecule has 4 rings (SSSR count). The molecule has 4 nitrogen and oxygen atoms in total. The number of fused-ring (bicyclic) bond motifs is 5. The molecule has 0 heterocycles. The average Bonchev–Trinajstić information content (AvgIpc) is 3.08. The van der Waals surface area contributed by atoms with E-state index < -0.39 is 17.1 Å². The minimum absolute atomic E-state index is 0.0424. The van der Waals surface area contributed by atoms with Gasteiger partial charge in [0.05, 0.1) is 6.10 Å². The first-order valence-electron chi connectivity index (χ1n) is 13.0. The fraction of sp³-hybridized carbons (Fsp3) is 0.857. The van der Waals surface area contributed by atoms with Crippen LogP contribution in [0.3, 0.4) is 0 Å². The lowest BCUT2D eigenvalue weighted by Gasteiger charge is -2.62. The molecule has 0 spiro atoms. The van der Waals surface area contributed by atoms with E-state index in [1.807, 2.05) is 6.92 Å². The molecule has 0 aromatic rings. The Morgan fingerprint density at radius 1 is 1.06 bits per heavy atom. The number of allylic oxidation sites excluding steroid dienone is 1. The van der Waals surface area contributed by atoms with Gasteiger partial charge in [-0.25, -0.2) is 0 Å². The number of carbonyl (C=O) groups is 2. The van der Waals surface area contributed by atoms with E-state index in [0.29, 0.717) is 49.2 Å². The van der Waals surface area contributed by atoms with Gasteiger partial charge in [0, 0.05) is 30.1 Å². The Kier molecular flexibility index (Phi) is 6.07. The first kappa shape index (κ1) is 24.1. The van der Waals surface area contributed by atoms with Gasteiger partial charge in [0.15, 0.2) is 5.78 Å². The molecular formula is C28H44O4. The van der Waals surface area contributed by atoms with Crippen molar-refractivity contribution in [3.63, 3.8) is 0 Å². The predicted molar refractivity (Wildman–Crippen MR) is 126 cm³/mol. The van der Waals surface area contributed by atoms with Gasteiger partial charge >= 0.3 is 0 Å². The predicted octanol–water partition coefficient (Wildman–Crippen LogP) is 5.11. The van der Waals surface area contributed by atoms with Crippen LogP contribution in [0.1, 0.15) is 92.4 Å². The number of carbonyl (C=O) groups excluding carboxylic acids is 2. The second kappa shape index (κ2) is 8.05. The maximum atomic E-state index is 13.9. The fourth-order valence-corrected chi connectivity index (χ4v) is 8.63.